The van der Waals surface area contributed by atoms with Gasteiger partial charge in [-0.2, -0.15) is 0 Å². The zero-order valence-corrected chi connectivity index (χ0v) is 13.9. The van der Waals surface area contributed by atoms with Crippen molar-refractivity contribution in [2.75, 3.05) is 0 Å². The Morgan fingerprint density at radius 3 is 2.48 bits per heavy atom. The van der Waals surface area contributed by atoms with Crippen LogP contribution in [0.4, 0.5) is 13.2 Å². The Morgan fingerprint density at radius 2 is 1.92 bits per heavy atom. The van der Waals surface area contributed by atoms with Crippen LogP contribution >= 0.6 is 11.3 Å². The average Bonchev–Trinajstić information content (AvgIpc) is 2.94. The molecule has 1 aromatic heterocycles. The van der Waals surface area contributed by atoms with Gasteiger partial charge in [0.2, 0.25) is 0 Å². The van der Waals surface area contributed by atoms with Gasteiger partial charge in [-0.25, -0.2) is 4.98 Å². The molecule has 0 aliphatic carbocycles. The number of aromatic nitrogens is 1. The maximum Gasteiger partial charge on any atom is 0.573 e. The molecule has 0 spiro atoms. The number of halogens is 3. The van der Waals surface area contributed by atoms with Gasteiger partial charge in [-0.15, -0.1) is 24.5 Å². The topological polar surface area (TPSA) is 76.5 Å². The number of carboxylic acid groups (broad SMARTS) is 1. The molecule has 2 rings (SSSR count). The molecular weight excluding hydrogens is 359 g/mol. The van der Waals surface area contributed by atoms with Crippen LogP contribution in [0, 0.1) is 5.92 Å². The zero-order valence-electron chi connectivity index (χ0n) is 13.0. The Bertz CT molecular complexity index is 755. The van der Waals surface area contributed by atoms with Crippen molar-refractivity contribution in [3.8, 4) is 16.3 Å². The highest BCUT2D eigenvalue weighted by molar-refractivity contribution is 7.13. The molecular formula is C16H14F3NO4S. The van der Waals surface area contributed by atoms with Crippen molar-refractivity contribution >= 4 is 23.1 Å². The molecule has 1 aromatic carbocycles. The van der Waals surface area contributed by atoms with Gasteiger partial charge in [0.1, 0.15) is 16.5 Å². The van der Waals surface area contributed by atoms with Gasteiger partial charge in [-0.3, -0.25) is 9.59 Å². The minimum atomic E-state index is -4.75. The Labute approximate surface area is 145 Å². The minimum Gasteiger partial charge on any atom is -0.481 e. The number of thiazole rings is 1. The van der Waals surface area contributed by atoms with E-state index < -0.39 is 18.2 Å². The van der Waals surface area contributed by atoms with E-state index in [1.54, 1.807) is 5.38 Å². The lowest BCUT2D eigenvalue weighted by atomic mass is 10.0. The lowest BCUT2D eigenvalue weighted by molar-refractivity contribution is -0.274. The molecule has 0 aliphatic heterocycles. The highest BCUT2D eigenvalue weighted by Crippen LogP contribution is 2.28. The summed E-state index contributed by atoms with van der Waals surface area (Å²) in [6, 6.07) is 5.25. The number of aliphatic carboxylic acids is 1. The summed E-state index contributed by atoms with van der Waals surface area (Å²) in [6.07, 6.45) is -4.81. The number of nitrogens with zero attached hydrogens (tertiary/aromatic N) is 1. The van der Waals surface area contributed by atoms with E-state index in [1.807, 2.05) is 0 Å². The van der Waals surface area contributed by atoms with Crippen LogP contribution in [0.25, 0.3) is 10.6 Å². The summed E-state index contributed by atoms with van der Waals surface area (Å²) in [7, 11) is 0. The molecule has 0 radical (unpaired) electrons. The van der Waals surface area contributed by atoms with Gasteiger partial charge < -0.3 is 9.84 Å². The molecule has 9 heteroatoms. The summed E-state index contributed by atoms with van der Waals surface area (Å²) in [6.45, 7) is 1.46. The van der Waals surface area contributed by atoms with Crippen molar-refractivity contribution in [3.63, 3.8) is 0 Å². The van der Waals surface area contributed by atoms with Gasteiger partial charge in [0.25, 0.3) is 0 Å². The monoisotopic (exact) mass is 373 g/mol. The van der Waals surface area contributed by atoms with Gasteiger partial charge in [-0.05, 0) is 24.3 Å². The first-order valence-corrected chi connectivity index (χ1v) is 8.07. The second kappa shape index (κ2) is 7.64. The summed E-state index contributed by atoms with van der Waals surface area (Å²) in [5.74, 6) is -2.35. The molecule has 0 aliphatic rings. The van der Waals surface area contributed by atoms with Gasteiger partial charge >= 0.3 is 12.3 Å². The maximum atomic E-state index is 12.1. The molecule has 0 amide bonds. The number of hydrogen-bond acceptors (Lipinski definition) is 5. The van der Waals surface area contributed by atoms with E-state index in [-0.39, 0.29) is 24.4 Å². The average molecular weight is 373 g/mol. The first-order chi connectivity index (χ1) is 11.6. The second-order valence-electron chi connectivity index (χ2n) is 5.38. The fraction of sp³-hybridized carbons (Fsp3) is 0.312. The SMILES string of the molecule is C[C@H](CC(=O)Cc1csc(-c2ccc(OC(F)(F)F)cc2)n1)C(=O)O. The number of Topliss-reactive ketones (excluding diaryl/α,β-unsaturated/α-hetero) is 1. The number of benzene rings is 1. The quantitative estimate of drug-likeness (QED) is 0.796. The molecule has 0 fully saturated rings. The van der Waals surface area contributed by atoms with E-state index in [0.717, 1.165) is 0 Å². The van der Waals surface area contributed by atoms with Crippen molar-refractivity contribution in [1.82, 2.24) is 4.98 Å². The molecule has 2 aromatic rings. The molecule has 25 heavy (non-hydrogen) atoms. The molecule has 0 unspecified atom stereocenters. The third-order valence-electron chi connectivity index (χ3n) is 3.22. The van der Waals surface area contributed by atoms with Crippen molar-refractivity contribution in [3.05, 3.63) is 35.3 Å². The summed E-state index contributed by atoms with van der Waals surface area (Å²) < 4.78 is 40.2. The second-order valence-corrected chi connectivity index (χ2v) is 6.23. The number of rotatable bonds is 7. The largest absolute Gasteiger partial charge is 0.573 e. The zero-order chi connectivity index (χ0) is 18.6. The third kappa shape index (κ3) is 5.86. The highest BCUT2D eigenvalue weighted by Gasteiger charge is 2.31. The van der Waals surface area contributed by atoms with Crippen LogP contribution in [0.5, 0.6) is 5.75 Å². The smallest absolute Gasteiger partial charge is 0.481 e. The van der Waals surface area contributed by atoms with E-state index in [1.165, 1.54) is 42.5 Å². The van der Waals surface area contributed by atoms with Gasteiger partial charge in [0.15, 0.2) is 0 Å². The number of hydrogen-bond donors (Lipinski definition) is 1. The Balaban J connectivity index is 2.01. The fourth-order valence-electron chi connectivity index (χ4n) is 2.02. The lowest BCUT2D eigenvalue weighted by Gasteiger charge is -2.08. The first kappa shape index (κ1) is 18.9. The van der Waals surface area contributed by atoms with E-state index in [9.17, 15) is 22.8 Å². The molecule has 1 N–H and O–H groups in total. The number of ketones is 1. The molecule has 1 heterocycles. The Kier molecular flexibility index (Phi) is 5.78. The Morgan fingerprint density at radius 1 is 1.28 bits per heavy atom. The first-order valence-electron chi connectivity index (χ1n) is 7.19. The molecule has 0 saturated carbocycles. The van der Waals surface area contributed by atoms with Crippen molar-refractivity contribution < 1.29 is 32.6 Å². The Hall–Kier alpha value is -2.42. The van der Waals surface area contributed by atoms with Crippen LogP contribution in [-0.4, -0.2) is 28.2 Å². The molecule has 5 nitrogen and oxygen atoms in total. The van der Waals surface area contributed by atoms with Crippen LogP contribution < -0.4 is 4.74 Å². The van der Waals surface area contributed by atoms with Gasteiger partial charge in [-0.1, -0.05) is 6.92 Å². The summed E-state index contributed by atoms with van der Waals surface area (Å²) in [5.41, 5.74) is 1.09. The summed E-state index contributed by atoms with van der Waals surface area (Å²) in [4.78, 5) is 26.8. The normalized spacial score (nSPS) is 12.6. The van der Waals surface area contributed by atoms with Crippen LogP contribution in [-0.2, 0) is 16.0 Å². The third-order valence-corrected chi connectivity index (χ3v) is 4.16. The molecule has 1 atom stereocenters. The fourth-order valence-corrected chi connectivity index (χ4v) is 2.85. The standard InChI is InChI=1S/C16H14F3NO4S/c1-9(15(22)23)6-12(21)7-11-8-25-14(20-11)10-2-4-13(5-3-10)24-16(17,18)19/h2-5,8-9H,6-7H2,1H3,(H,22,23)/t9-/m1/s1. The minimum absolute atomic E-state index is 0.0173. The number of ether oxygens (including phenoxy) is 1. The van der Waals surface area contributed by atoms with E-state index in [0.29, 0.717) is 16.3 Å². The predicted octanol–water partition coefficient (Wildman–Crippen LogP) is 3.93. The number of carbonyl (C=O) groups is 2. The van der Waals surface area contributed by atoms with Gasteiger partial charge in [0, 0.05) is 23.8 Å². The number of alkyl halides is 3. The van der Waals surface area contributed by atoms with Gasteiger partial charge in [0.05, 0.1) is 11.6 Å². The van der Waals surface area contributed by atoms with Crippen molar-refractivity contribution in [1.29, 1.82) is 0 Å². The number of carboxylic acids is 1. The number of carbonyl (C=O) groups excluding carboxylic acids is 1. The maximum absolute atomic E-state index is 12.1. The van der Waals surface area contributed by atoms with Crippen molar-refractivity contribution in [2.24, 2.45) is 5.92 Å². The van der Waals surface area contributed by atoms with Crippen LogP contribution in [0.1, 0.15) is 19.0 Å². The van der Waals surface area contributed by atoms with E-state index in [4.69, 9.17) is 5.11 Å². The summed E-state index contributed by atoms with van der Waals surface area (Å²) >= 11 is 1.25. The molecule has 0 bridgehead atoms. The molecule has 0 saturated heterocycles. The van der Waals surface area contributed by atoms with Crippen LogP contribution in [0.2, 0.25) is 0 Å². The summed E-state index contributed by atoms with van der Waals surface area (Å²) in [5, 5.41) is 11.0. The van der Waals surface area contributed by atoms with Crippen LogP contribution in [0.3, 0.4) is 0 Å². The van der Waals surface area contributed by atoms with E-state index in [2.05, 4.69) is 9.72 Å². The van der Waals surface area contributed by atoms with Crippen molar-refractivity contribution in [2.45, 2.75) is 26.1 Å². The van der Waals surface area contributed by atoms with Crippen LogP contribution in [0.15, 0.2) is 29.6 Å². The molecule has 134 valence electrons. The highest BCUT2D eigenvalue weighted by atomic mass is 32.1. The lowest BCUT2D eigenvalue weighted by Crippen LogP contribution is -2.16. The van der Waals surface area contributed by atoms with E-state index >= 15 is 0 Å². The predicted molar refractivity (Wildman–Crippen MR) is 84.4 cm³/mol.